The molecule has 0 spiro atoms. The Hall–Kier alpha value is -1.20. The second-order valence-electron chi connectivity index (χ2n) is 2.19. The SMILES string of the molecule is OCc1nnc2c(Cl)nccn12. The molecule has 0 unspecified atom stereocenters. The molecule has 6 heteroatoms. The molecule has 2 rings (SSSR count). The zero-order valence-corrected chi connectivity index (χ0v) is 6.73. The highest BCUT2D eigenvalue weighted by Crippen LogP contribution is 2.11. The van der Waals surface area contributed by atoms with E-state index in [0.29, 0.717) is 11.5 Å². The molecule has 0 aromatic carbocycles. The number of hydrogen-bond donors (Lipinski definition) is 1. The molecule has 0 saturated carbocycles. The first kappa shape index (κ1) is 7.45. The molecule has 0 amide bonds. The summed E-state index contributed by atoms with van der Waals surface area (Å²) in [7, 11) is 0. The van der Waals surface area contributed by atoms with Crippen LogP contribution in [0, 0.1) is 0 Å². The van der Waals surface area contributed by atoms with E-state index in [1.54, 1.807) is 10.6 Å². The van der Waals surface area contributed by atoms with Crippen molar-refractivity contribution in [1.29, 1.82) is 0 Å². The average molecular weight is 185 g/mol. The number of aliphatic hydroxyl groups excluding tert-OH is 1. The number of rotatable bonds is 1. The van der Waals surface area contributed by atoms with Crippen LogP contribution in [-0.2, 0) is 6.61 Å². The van der Waals surface area contributed by atoms with E-state index in [0.717, 1.165) is 0 Å². The van der Waals surface area contributed by atoms with Crippen molar-refractivity contribution in [2.24, 2.45) is 0 Å². The first-order valence-electron chi connectivity index (χ1n) is 3.28. The number of hydrogen-bond acceptors (Lipinski definition) is 4. The summed E-state index contributed by atoms with van der Waals surface area (Å²) < 4.78 is 1.59. The number of halogens is 1. The van der Waals surface area contributed by atoms with Crippen LogP contribution in [0.15, 0.2) is 12.4 Å². The minimum Gasteiger partial charge on any atom is -0.388 e. The Bertz CT molecular complexity index is 413. The Morgan fingerprint density at radius 3 is 3.08 bits per heavy atom. The molecular formula is C6H5ClN4O. The second kappa shape index (κ2) is 2.69. The van der Waals surface area contributed by atoms with Gasteiger partial charge >= 0.3 is 0 Å². The van der Waals surface area contributed by atoms with Crippen molar-refractivity contribution in [3.05, 3.63) is 23.4 Å². The minimum absolute atomic E-state index is 0.165. The number of aromatic nitrogens is 4. The van der Waals surface area contributed by atoms with E-state index < -0.39 is 0 Å². The summed E-state index contributed by atoms with van der Waals surface area (Å²) in [6.45, 7) is -0.165. The largest absolute Gasteiger partial charge is 0.388 e. The lowest BCUT2D eigenvalue weighted by Crippen LogP contribution is -1.94. The maximum Gasteiger partial charge on any atom is 0.198 e. The van der Waals surface area contributed by atoms with Crippen LogP contribution in [-0.4, -0.2) is 24.7 Å². The van der Waals surface area contributed by atoms with Crippen molar-refractivity contribution in [2.45, 2.75) is 6.61 Å². The summed E-state index contributed by atoms with van der Waals surface area (Å²) in [5, 5.41) is 16.6. The van der Waals surface area contributed by atoms with Crippen LogP contribution in [0.1, 0.15) is 5.82 Å². The van der Waals surface area contributed by atoms with E-state index in [1.165, 1.54) is 6.20 Å². The third kappa shape index (κ3) is 0.945. The molecule has 62 valence electrons. The molecule has 0 saturated heterocycles. The van der Waals surface area contributed by atoms with E-state index >= 15 is 0 Å². The van der Waals surface area contributed by atoms with Gasteiger partial charge in [-0.15, -0.1) is 10.2 Å². The van der Waals surface area contributed by atoms with Crippen LogP contribution in [0.3, 0.4) is 0 Å². The molecule has 2 aromatic heterocycles. The number of aliphatic hydroxyl groups is 1. The summed E-state index contributed by atoms with van der Waals surface area (Å²) >= 11 is 5.71. The van der Waals surface area contributed by atoms with Crippen molar-refractivity contribution >= 4 is 17.2 Å². The molecule has 0 radical (unpaired) electrons. The topological polar surface area (TPSA) is 63.3 Å². The molecule has 0 fully saturated rings. The maximum atomic E-state index is 8.83. The summed E-state index contributed by atoms with van der Waals surface area (Å²) in [6, 6.07) is 0. The summed E-state index contributed by atoms with van der Waals surface area (Å²) in [5.74, 6) is 0.453. The average Bonchev–Trinajstić information content (AvgIpc) is 2.49. The van der Waals surface area contributed by atoms with Gasteiger partial charge in [-0.05, 0) is 0 Å². The monoisotopic (exact) mass is 184 g/mol. The molecule has 2 aromatic rings. The predicted octanol–water partition coefficient (Wildman–Crippen LogP) is 0.270. The van der Waals surface area contributed by atoms with E-state index in [9.17, 15) is 0 Å². The Kier molecular flexibility index (Phi) is 1.67. The predicted molar refractivity (Wildman–Crippen MR) is 41.7 cm³/mol. The van der Waals surface area contributed by atoms with Crippen LogP contribution in [0.5, 0.6) is 0 Å². The van der Waals surface area contributed by atoms with Gasteiger partial charge in [-0.25, -0.2) is 4.98 Å². The van der Waals surface area contributed by atoms with E-state index in [-0.39, 0.29) is 11.8 Å². The van der Waals surface area contributed by atoms with Gasteiger partial charge < -0.3 is 5.11 Å². The zero-order valence-electron chi connectivity index (χ0n) is 5.98. The fourth-order valence-electron chi connectivity index (χ4n) is 0.952. The first-order valence-corrected chi connectivity index (χ1v) is 3.65. The fourth-order valence-corrected chi connectivity index (χ4v) is 1.14. The molecule has 0 aliphatic rings. The highest BCUT2D eigenvalue weighted by atomic mass is 35.5. The molecule has 0 aliphatic heterocycles. The van der Waals surface area contributed by atoms with Gasteiger partial charge in [0.05, 0.1) is 0 Å². The highest BCUT2D eigenvalue weighted by Gasteiger charge is 2.06. The highest BCUT2D eigenvalue weighted by molar-refractivity contribution is 6.32. The van der Waals surface area contributed by atoms with Crippen molar-refractivity contribution in [3.8, 4) is 0 Å². The smallest absolute Gasteiger partial charge is 0.198 e. The van der Waals surface area contributed by atoms with Gasteiger partial charge in [0.25, 0.3) is 0 Å². The molecule has 1 N–H and O–H groups in total. The third-order valence-electron chi connectivity index (χ3n) is 1.50. The summed E-state index contributed by atoms with van der Waals surface area (Å²) in [5.41, 5.74) is 0.461. The van der Waals surface area contributed by atoms with Gasteiger partial charge in [-0.3, -0.25) is 4.40 Å². The molecule has 0 bridgehead atoms. The van der Waals surface area contributed by atoms with E-state index in [4.69, 9.17) is 16.7 Å². The Morgan fingerprint density at radius 1 is 1.50 bits per heavy atom. The van der Waals surface area contributed by atoms with Crippen LogP contribution >= 0.6 is 11.6 Å². The fraction of sp³-hybridized carbons (Fsp3) is 0.167. The number of nitrogens with zero attached hydrogens (tertiary/aromatic N) is 4. The molecular weight excluding hydrogens is 180 g/mol. The maximum absolute atomic E-state index is 8.83. The van der Waals surface area contributed by atoms with Crippen LogP contribution in [0.25, 0.3) is 5.65 Å². The van der Waals surface area contributed by atoms with Crippen molar-refractivity contribution < 1.29 is 5.11 Å². The molecule has 5 nitrogen and oxygen atoms in total. The first-order chi connectivity index (χ1) is 5.83. The van der Waals surface area contributed by atoms with Gasteiger partial charge in [-0.1, -0.05) is 11.6 Å². The normalized spacial score (nSPS) is 10.8. The molecule has 2 heterocycles. The standard InChI is InChI=1S/C6H5ClN4O/c7-5-6-10-9-4(3-12)11(6)2-1-8-5/h1-2,12H,3H2. The summed E-state index contributed by atoms with van der Waals surface area (Å²) in [4.78, 5) is 3.82. The Morgan fingerprint density at radius 2 is 2.33 bits per heavy atom. The number of fused-ring (bicyclic) bond motifs is 1. The third-order valence-corrected chi connectivity index (χ3v) is 1.76. The Balaban J connectivity index is 2.80. The van der Waals surface area contributed by atoms with Crippen molar-refractivity contribution in [1.82, 2.24) is 19.6 Å². The van der Waals surface area contributed by atoms with Gasteiger partial charge in [0.2, 0.25) is 0 Å². The lowest BCUT2D eigenvalue weighted by molar-refractivity contribution is 0.270. The van der Waals surface area contributed by atoms with Crippen LogP contribution in [0.4, 0.5) is 0 Å². The van der Waals surface area contributed by atoms with Crippen molar-refractivity contribution in [3.63, 3.8) is 0 Å². The lowest BCUT2D eigenvalue weighted by Gasteiger charge is -1.94. The van der Waals surface area contributed by atoms with Gasteiger partial charge in [0.15, 0.2) is 16.6 Å². The van der Waals surface area contributed by atoms with E-state index in [1.807, 2.05) is 0 Å². The molecule has 0 aliphatic carbocycles. The van der Waals surface area contributed by atoms with Gasteiger partial charge in [0.1, 0.15) is 6.61 Å². The van der Waals surface area contributed by atoms with Crippen LogP contribution < -0.4 is 0 Å². The molecule has 0 atom stereocenters. The Labute approximate surface area is 72.6 Å². The van der Waals surface area contributed by atoms with E-state index in [2.05, 4.69) is 15.2 Å². The minimum atomic E-state index is -0.165. The zero-order chi connectivity index (χ0) is 8.55. The molecule has 12 heavy (non-hydrogen) atoms. The van der Waals surface area contributed by atoms with Gasteiger partial charge in [-0.2, -0.15) is 0 Å². The quantitative estimate of drug-likeness (QED) is 0.691. The van der Waals surface area contributed by atoms with Crippen LogP contribution in [0.2, 0.25) is 5.15 Å². The van der Waals surface area contributed by atoms with Gasteiger partial charge in [0, 0.05) is 12.4 Å². The second-order valence-corrected chi connectivity index (χ2v) is 2.54. The van der Waals surface area contributed by atoms with Crippen molar-refractivity contribution in [2.75, 3.05) is 0 Å². The summed E-state index contributed by atoms with van der Waals surface area (Å²) in [6.07, 6.45) is 3.17. The lowest BCUT2D eigenvalue weighted by atomic mass is 10.6.